The van der Waals surface area contributed by atoms with Gasteiger partial charge in [-0.15, -0.1) is 69.1 Å². The summed E-state index contributed by atoms with van der Waals surface area (Å²) in [5.41, 5.74) is 11.5. The van der Waals surface area contributed by atoms with E-state index < -0.39 is 0 Å². The third kappa shape index (κ3) is 10.7. The summed E-state index contributed by atoms with van der Waals surface area (Å²) >= 11 is 1.74. The van der Waals surface area contributed by atoms with Gasteiger partial charge in [0.05, 0.1) is 0 Å². The Labute approximate surface area is 335 Å². The number of aryl methyl sites for hydroxylation is 1. The van der Waals surface area contributed by atoms with Crippen molar-refractivity contribution in [3.8, 4) is 22.3 Å². The van der Waals surface area contributed by atoms with Gasteiger partial charge in [0.2, 0.25) is 0 Å². The number of hydrogen-bond acceptors (Lipinski definition) is 0. The van der Waals surface area contributed by atoms with Crippen LogP contribution in [0.4, 0.5) is 0 Å². The van der Waals surface area contributed by atoms with Crippen molar-refractivity contribution < 1.29 is 48.1 Å². The van der Waals surface area contributed by atoms with E-state index in [2.05, 4.69) is 143 Å². The second-order valence-corrected chi connectivity index (χ2v) is 24.5. The molecule has 51 heavy (non-hydrogen) atoms. The van der Waals surface area contributed by atoms with Gasteiger partial charge in [-0.05, 0) is 65.7 Å². The van der Waals surface area contributed by atoms with Crippen LogP contribution in [0.1, 0.15) is 112 Å². The smallest absolute Gasteiger partial charge is 0.0162 e. The Morgan fingerprint density at radius 3 is 1.63 bits per heavy atom. The second kappa shape index (κ2) is 19.7. The Balaban J connectivity index is 0.000000200. The van der Waals surface area contributed by atoms with Gasteiger partial charge in [0.25, 0.3) is 0 Å². The molecule has 6 aromatic rings. The van der Waals surface area contributed by atoms with Gasteiger partial charge in [-0.2, -0.15) is 12.1 Å². The number of fused-ring (bicyclic) bond motifs is 2. The van der Waals surface area contributed by atoms with Crippen LogP contribution < -0.4 is 24.8 Å². The van der Waals surface area contributed by atoms with E-state index in [1.807, 2.05) is 0 Å². The number of halogens is 2. The molecule has 2 aliphatic carbocycles. The fourth-order valence-electron chi connectivity index (χ4n) is 8.06. The Morgan fingerprint density at radius 1 is 0.608 bits per heavy atom. The molecule has 0 bridgehead atoms. The van der Waals surface area contributed by atoms with Crippen LogP contribution in [0.3, 0.4) is 0 Å². The van der Waals surface area contributed by atoms with Crippen LogP contribution in [0.15, 0.2) is 109 Å². The van der Waals surface area contributed by atoms with Gasteiger partial charge in [-0.25, -0.2) is 0 Å². The van der Waals surface area contributed by atoms with Crippen LogP contribution in [-0.4, -0.2) is 5.43 Å². The molecule has 0 aromatic heterocycles. The third-order valence-electron chi connectivity index (χ3n) is 10.7. The van der Waals surface area contributed by atoms with Gasteiger partial charge >= 0.3 is 41.9 Å². The fraction of sp³-hybridized carbons (Fsp3) is 0.362. The molecule has 6 aromatic carbocycles. The molecular formula is C47H54Cl2SiZr-2. The molecule has 266 valence electrons. The van der Waals surface area contributed by atoms with E-state index in [1.165, 1.54) is 118 Å². The zero-order chi connectivity index (χ0) is 34.3. The van der Waals surface area contributed by atoms with E-state index in [0.717, 1.165) is 11.8 Å². The first kappa shape index (κ1) is 41.5. The van der Waals surface area contributed by atoms with Crippen LogP contribution in [0.25, 0.3) is 43.8 Å². The first-order chi connectivity index (χ1) is 23.8. The number of hydrogen-bond donors (Lipinski definition) is 0. The van der Waals surface area contributed by atoms with Crippen molar-refractivity contribution >= 4 is 27.0 Å². The van der Waals surface area contributed by atoms with E-state index in [4.69, 9.17) is 0 Å². The normalized spacial score (nSPS) is 14.7. The molecule has 0 atom stereocenters. The maximum absolute atomic E-state index is 2.46. The summed E-state index contributed by atoms with van der Waals surface area (Å²) < 4.78 is 0. The SMILES string of the molecule is CC(C)c1ccc(-c2cccc3[cH-]c(C4CCCC4)cc23)cc1.C[Si](C)=[Zr+2].Cc1cc2c(-c3ccc(C4CCCCC4)cc3)cccc2[cH-]1.[Cl-].[Cl-]. The molecular weight excluding hydrogens is 755 g/mol. The van der Waals surface area contributed by atoms with Crippen molar-refractivity contribution in [1.82, 2.24) is 0 Å². The largest absolute Gasteiger partial charge is 1.00 e. The molecule has 4 heteroatoms. The molecule has 0 nitrogen and oxygen atoms in total. The average Bonchev–Trinajstić information content (AvgIpc) is 3.88. The van der Waals surface area contributed by atoms with Crippen molar-refractivity contribution in [2.24, 2.45) is 0 Å². The Kier molecular flexibility index (Phi) is 16.1. The number of benzene rings is 4. The minimum Gasteiger partial charge on any atom is -1.00 e. The quantitative estimate of drug-likeness (QED) is 0.121. The van der Waals surface area contributed by atoms with Crippen LogP contribution >= 0.6 is 0 Å². The summed E-state index contributed by atoms with van der Waals surface area (Å²) in [5, 5.41) is 5.56. The Bertz CT molecular complexity index is 1960. The van der Waals surface area contributed by atoms with E-state index in [0.29, 0.717) is 5.92 Å². The molecule has 8 rings (SSSR count). The molecule has 0 radical (unpaired) electrons. The van der Waals surface area contributed by atoms with Crippen molar-refractivity contribution in [3.05, 3.63) is 131 Å². The maximum Gasteiger partial charge on any atom is -0.0162 e. The average molecular weight is 809 g/mol. The van der Waals surface area contributed by atoms with Gasteiger partial charge in [-0.1, -0.05) is 125 Å². The van der Waals surface area contributed by atoms with Crippen molar-refractivity contribution in [3.63, 3.8) is 0 Å². The summed E-state index contributed by atoms with van der Waals surface area (Å²) in [6.45, 7) is 11.3. The number of rotatable bonds is 5. The second-order valence-electron chi connectivity index (χ2n) is 15.2. The van der Waals surface area contributed by atoms with E-state index in [9.17, 15) is 0 Å². The zero-order valence-corrected chi connectivity index (χ0v) is 36.2. The van der Waals surface area contributed by atoms with E-state index in [-0.39, 0.29) is 30.2 Å². The van der Waals surface area contributed by atoms with Crippen LogP contribution in [0.5, 0.6) is 0 Å². The van der Waals surface area contributed by atoms with Crippen LogP contribution in [-0.2, 0) is 23.3 Å². The fourth-order valence-corrected chi connectivity index (χ4v) is 8.06. The standard InChI is InChI=1S/C23H25.C22H23.C2H6Si.2ClH.Zr/c1-16(2)17-10-12-19(13-11-17)22-9-5-8-20-14-21(15-23(20)22)18-6-3-4-7-18;1-16-14-20-8-5-9-21(22(20)15-16)19-12-10-18(11-13-19)17-6-3-2-4-7-17;1-3-2;;;/h5,8-16,18H,3-4,6-7H2,1-2H3;5,8-15,17H,2-4,6-7H2,1H3;1-2H3;2*1H;/q2*-1;;;;+2/p-2. The molecule has 0 unspecified atom stereocenters. The zero-order valence-electron chi connectivity index (χ0n) is 31.2. The molecule has 0 heterocycles. The Morgan fingerprint density at radius 2 is 1.08 bits per heavy atom. The molecule has 2 fully saturated rings. The predicted molar refractivity (Wildman–Crippen MR) is 213 cm³/mol. The third-order valence-corrected chi connectivity index (χ3v) is 10.7. The Hall–Kier alpha value is -2.22. The summed E-state index contributed by atoms with van der Waals surface area (Å²) in [6.07, 6.45) is 12.5. The predicted octanol–water partition coefficient (Wildman–Crippen LogP) is 8.38. The molecule has 0 saturated heterocycles. The topological polar surface area (TPSA) is 0 Å². The first-order valence-corrected chi connectivity index (χ1v) is 25.0. The van der Waals surface area contributed by atoms with E-state index in [1.54, 1.807) is 28.9 Å². The van der Waals surface area contributed by atoms with E-state index >= 15 is 0 Å². The first-order valence-electron chi connectivity index (χ1n) is 18.8. The van der Waals surface area contributed by atoms with Crippen molar-refractivity contribution in [2.45, 2.75) is 109 Å². The van der Waals surface area contributed by atoms with Crippen molar-refractivity contribution in [1.29, 1.82) is 0 Å². The molecule has 2 aliphatic rings. The van der Waals surface area contributed by atoms with Gasteiger partial charge in [-0.3, -0.25) is 0 Å². The summed E-state index contributed by atoms with van der Waals surface area (Å²) in [7, 11) is 0. The van der Waals surface area contributed by atoms with Gasteiger partial charge in [0.1, 0.15) is 0 Å². The minimum atomic E-state index is 0. The van der Waals surface area contributed by atoms with Crippen LogP contribution in [0.2, 0.25) is 13.1 Å². The summed E-state index contributed by atoms with van der Waals surface area (Å²) in [6, 6.07) is 41.3. The summed E-state index contributed by atoms with van der Waals surface area (Å²) in [5.74, 6) is 2.17. The van der Waals surface area contributed by atoms with Gasteiger partial charge < -0.3 is 24.8 Å². The molecule has 0 aliphatic heterocycles. The van der Waals surface area contributed by atoms with Gasteiger partial charge in [0.15, 0.2) is 0 Å². The maximum atomic E-state index is 2.46. The molecule has 0 spiro atoms. The summed E-state index contributed by atoms with van der Waals surface area (Å²) in [4.78, 5) is 0. The van der Waals surface area contributed by atoms with Gasteiger partial charge in [0, 0.05) is 0 Å². The molecule has 0 N–H and O–H groups in total. The monoisotopic (exact) mass is 806 g/mol. The molecule has 0 amide bonds. The van der Waals surface area contributed by atoms with Crippen LogP contribution in [0, 0.1) is 6.92 Å². The minimum absolute atomic E-state index is 0. The van der Waals surface area contributed by atoms with Crippen molar-refractivity contribution in [2.75, 3.05) is 0 Å². The molecule has 2 saturated carbocycles.